The first-order chi connectivity index (χ1) is 13.3. The van der Waals surface area contributed by atoms with Crippen molar-refractivity contribution in [3.8, 4) is 5.75 Å². The maximum absolute atomic E-state index is 12.6. The van der Waals surface area contributed by atoms with Crippen LogP contribution in [0, 0.1) is 0 Å². The Kier molecular flexibility index (Phi) is 5.49. The summed E-state index contributed by atoms with van der Waals surface area (Å²) in [5, 5.41) is 5.62. The molecule has 1 heterocycles. The highest BCUT2D eigenvalue weighted by Crippen LogP contribution is 2.30. The molecular formula is C20H16F3N3O2. The molecule has 0 radical (unpaired) electrons. The third-order valence-electron chi connectivity index (χ3n) is 3.86. The van der Waals surface area contributed by atoms with Crippen molar-refractivity contribution in [2.24, 2.45) is 0 Å². The second-order valence-corrected chi connectivity index (χ2v) is 5.81. The van der Waals surface area contributed by atoms with Crippen LogP contribution in [0.15, 0.2) is 66.9 Å². The Balaban J connectivity index is 1.62. The highest BCUT2D eigenvalue weighted by Gasteiger charge is 2.29. The smallest absolute Gasteiger partial charge is 0.416 e. The van der Waals surface area contributed by atoms with Gasteiger partial charge in [0, 0.05) is 11.3 Å². The number of hydrogen-bond donors (Lipinski definition) is 2. The van der Waals surface area contributed by atoms with Crippen molar-refractivity contribution in [2.45, 2.75) is 6.18 Å². The highest BCUT2D eigenvalue weighted by atomic mass is 19.4. The Bertz CT molecular complexity index is 938. The molecule has 0 saturated carbocycles. The zero-order valence-corrected chi connectivity index (χ0v) is 14.7. The monoisotopic (exact) mass is 387 g/mol. The average molecular weight is 387 g/mol. The van der Waals surface area contributed by atoms with Crippen LogP contribution in [0.4, 0.5) is 30.4 Å². The molecule has 8 heteroatoms. The van der Waals surface area contributed by atoms with E-state index in [4.69, 9.17) is 4.74 Å². The molecule has 1 amide bonds. The van der Waals surface area contributed by atoms with Gasteiger partial charge in [-0.15, -0.1) is 0 Å². The minimum absolute atomic E-state index is 0.321. The third kappa shape index (κ3) is 4.79. The number of nitrogens with zero attached hydrogens (tertiary/aromatic N) is 1. The van der Waals surface area contributed by atoms with Crippen LogP contribution in [-0.2, 0) is 6.18 Å². The lowest BCUT2D eigenvalue weighted by molar-refractivity contribution is -0.137. The largest absolute Gasteiger partial charge is 0.497 e. The van der Waals surface area contributed by atoms with Gasteiger partial charge in [0.1, 0.15) is 11.6 Å². The summed E-state index contributed by atoms with van der Waals surface area (Å²) < 4.78 is 42.8. The molecule has 2 aromatic carbocycles. The van der Waals surface area contributed by atoms with Crippen molar-refractivity contribution in [3.63, 3.8) is 0 Å². The Morgan fingerprint density at radius 2 is 1.57 bits per heavy atom. The fraction of sp³-hybridized carbons (Fsp3) is 0.100. The molecule has 1 aromatic heterocycles. The molecule has 0 bridgehead atoms. The van der Waals surface area contributed by atoms with E-state index in [9.17, 15) is 18.0 Å². The van der Waals surface area contributed by atoms with Crippen LogP contribution in [-0.4, -0.2) is 18.0 Å². The maximum atomic E-state index is 12.6. The number of halogens is 3. The summed E-state index contributed by atoms with van der Waals surface area (Å²) in [4.78, 5) is 16.3. The van der Waals surface area contributed by atoms with E-state index < -0.39 is 11.7 Å². The zero-order chi connectivity index (χ0) is 20.1. The first-order valence-electron chi connectivity index (χ1n) is 8.21. The number of rotatable bonds is 5. The summed E-state index contributed by atoms with van der Waals surface area (Å²) >= 11 is 0. The minimum Gasteiger partial charge on any atom is -0.497 e. The number of alkyl halides is 3. The molecule has 2 N–H and O–H groups in total. The Morgan fingerprint density at radius 1 is 0.929 bits per heavy atom. The molecule has 28 heavy (non-hydrogen) atoms. The van der Waals surface area contributed by atoms with E-state index in [0.717, 1.165) is 12.1 Å². The summed E-state index contributed by atoms with van der Waals surface area (Å²) in [6.07, 6.45) is -2.90. The van der Waals surface area contributed by atoms with Crippen LogP contribution in [0.3, 0.4) is 0 Å². The van der Waals surface area contributed by atoms with Gasteiger partial charge in [-0.25, -0.2) is 4.98 Å². The number of nitrogens with one attached hydrogen (secondary N) is 2. The van der Waals surface area contributed by atoms with Crippen molar-refractivity contribution in [1.29, 1.82) is 0 Å². The third-order valence-corrected chi connectivity index (χ3v) is 3.86. The molecule has 0 aliphatic carbocycles. The summed E-state index contributed by atoms with van der Waals surface area (Å²) in [5.74, 6) is 0.672. The number of anilines is 3. The second-order valence-electron chi connectivity index (χ2n) is 5.81. The van der Waals surface area contributed by atoms with Crippen molar-refractivity contribution >= 4 is 23.1 Å². The zero-order valence-electron chi connectivity index (χ0n) is 14.7. The molecule has 0 atom stereocenters. The summed E-state index contributed by atoms with van der Waals surface area (Å²) in [6.45, 7) is 0. The van der Waals surface area contributed by atoms with Crippen molar-refractivity contribution < 1.29 is 22.7 Å². The van der Waals surface area contributed by atoms with E-state index in [-0.39, 0.29) is 5.91 Å². The van der Waals surface area contributed by atoms with Gasteiger partial charge < -0.3 is 15.4 Å². The number of amides is 1. The van der Waals surface area contributed by atoms with Gasteiger partial charge in [0.15, 0.2) is 0 Å². The number of aromatic nitrogens is 1. The first-order valence-corrected chi connectivity index (χ1v) is 8.21. The Hall–Kier alpha value is -3.55. The number of methoxy groups -OCH3 is 1. The molecule has 5 nitrogen and oxygen atoms in total. The number of carbonyl (C=O) groups excluding carboxylic acids is 1. The Labute approximate surface area is 159 Å². The molecule has 3 rings (SSSR count). The van der Waals surface area contributed by atoms with Crippen molar-refractivity contribution in [3.05, 3.63) is 78.0 Å². The van der Waals surface area contributed by atoms with E-state index in [2.05, 4.69) is 15.6 Å². The predicted molar refractivity (Wildman–Crippen MR) is 99.9 cm³/mol. The Morgan fingerprint density at radius 3 is 2.11 bits per heavy atom. The first kappa shape index (κ1) is 19.2. The lowest BCUT2D eigenvalue weighted by Gasteiger charge is -2.10. The van der Waals surface area contributed by atoms with Crippen LogP contribution < -0.4 is 15.4 Å². The van der Waals surface area contributed by atoms with Gasteiger partial charge >= 0.3 is 6.18 Å². The molecule has 144 valence electrons. The number of pyridine rings is 1. The van der Waals surface area contributed by atoms with E-state index >= 15 is 0 Å². The lowest BCUT2D eigenvalue weighted by atomic mass is 10.2. The van der Waals surface area contributed by atoms with Crippen LogP contribution in [0.5, 0.6) is 5.75 Å². The number of benzene rings is 2. The molecule has 0 aliphatic rings. The normalized spacial score (nSPS) is 11.0. The predicted octanol–water partition coefficient (Wildman–Crippen LogP) is 5.10. The SMILES string of the molecule is COc1ccc(C(=O)Nc2ccc(Nc3ccc(C(F)(F)F)cc3)cn2)cc1. The van der Waals surface area contributed by atoms with E-state index in [1.807, 2.05) is 0 Å². The van der Waals surface area contributed by atoms with E-state index in [1.165, 1.54) is 18.3 Å². The van der Waals surface area contributed by atoms with Gasteiger partial charge in [-0.2, -0.15) is 13.2 Å². The van der Waals surface area contributed by atoms with Crippen LogP contribution in [0.2, 0.25) is 0 Å². The molecule has 0 fully saturated rings. The molecule has 0 spiro atoms. The van der Waals surface area contributed by atoms with E-state index in [1.54, 1.807) is 43.5 Å². The molecule has 3 aromatic rings. The van der Waals surface area contributed by atoms with Crippen molar-refractivity contribution in [1.82, 2.24) is 4.98 Å². The fourth-order valence-corrected chi connectivity index (χ4v) is 2.38. The average Bonchev–Trinajstić information content (AvgIpc) is 2.69. The van der Waals surface area contributed by atoms with Gasteiger partial charge in [0.25, 0.3) is 5.91 Å². The van der Waals surface area contributed by atoms with Gasteiger partial charge in [-0.05, 0) is 60.7 Å². The number of carbonyl (C=O) groups is 1. The number of ether oxygens (including phenoxy) is 1. The summed E-state index contributed by atoms with van der Waals surface area (Å²) in [7, 11) is 1.54. The second kappa shape index (κ2) is 7.99. The number of hydrogen-bond acceptors (Lipinski definition) is 4. The van der Waals surface area contributed by atoms with Gasteiger partial charge in [0.05, 0.1) is 24.6 Å². The van der Waals surface area contributed by atoms with Gasteiger partial charge in [-0.3, -0.25) is 4.79 Å². The van der Waals surface area contributed by atoms with Crippen LogP contribution in [0.25, 0.3) is 0 Å². The van der Waals surface area contributed by atoms with Gasteiger partial charge in [0.2, 0.25) is 0 Å². The molecule has 0 saturated heterocycles. The summed E-state index contributed by atoms with van der Waals surface area (Å²) in [5.41, 5.74) is 0.800. The highest BCUT2D eigenvalue weighted by molar-refractivity contribution is 6.03. The lowest BCUT2D eigenvalue weighted by Crippen LogP contribution is -2.12. The standard InChI is InChI=1S/C20H16F3N3O2/c1-28-17-9-2-13(3-10-17)19(27)26-18-11-8-16(12-24-18)25-15-6-4-14(5-7-15)20(21,22)23/h2-12,25H,1H3,(H,24,26,27). The minimum atomic E-state index is -4.37. The maximum Gasteiger partial charge on any atom is 0.416 e. The van der Waals surface area contributed by atoms with Gasteiger partial charge in [-0.1, -0.05) is 0 Å². The van der Waals surface area contributed by atoms with E-state index in [0.29, 0.717) is 28.5 Å². The van der Waals surface area contributed by atoms with Crippen molar-refractivity contribution in [2.75, 3.05) is 17.7 Å². The van der Waals surface area contributed by atoms with Crippen LogP contribution >= 0.6 is 0 Å². The molecule has 0 unspecified atom stereocenters. The quantitative estimate of drug-likeness (QED) is 0.639. The fourth-order valence-electron chi connectivity index (χ4n) is 2.38. The topological polar surface area (TPSA) is 63.2 Å². The molecular weight excluding hydrogens is 371 g/mol. The molecule has 0 aliphatic heterocycles. The summed E-state index contributed by atoms with van der Waals surface area (Å²) in [6, 6.07) is 14.5. The van der Waals surface area contributed by atoms with Crippen LogP contribution in [0.1, 0.15) is 15.9 Å².